The summed E-state index contributed by atoms with van der Waals surface area (Å²) in [5.74, 6) is -0.401. The van der Waals surface area contributed by atoms with Crippen molar-refractivity contribution in [3.05, 3.63) is 22.4 Å². The monoisotopic (exact) mass is 341 g/mol. The van der Waals surface area contributed by atoms with Crippen molar-refractivity contribution in [2.75, 3.05) is 6.61 Å². The van der Waals surface area contributed by atoms with Crippen LogP contribution >= 0.6 is 11.3 Å². The molecule has 1 aliphatic rings. The van der Waals surface area contributed by atoms with E-state index in [1.165, 1.54) is 11.3 Å². The topological polar surface area (TPSA) is 65.1 Å². The second kappa shape index (κ2) is 6.98. The number of amides is 2. The molecule has 2 heterocycles. The van der Waals surface area contributed by atoms with Gasteiger partial charge >= 0.3 is 6.09 Å². The van der Waals surface area contributed by atoms with Gasteiger partial charge in [-0.25, -0.2) is 9.69 Å². The molecule has 3 atom stereocenters. The van der Waals surface area contributed by atoms with E-state index in [1.807, 2.05) is 23.8 Å². The maximum Gasteiger partial charge on any atom is 0.417 e. The molecule has 0 spiro atoms. The van der Waals surface area contributed by atoms with Crippen molar-refractivity contribution in [2.24, 2.45) is 0 Å². The SMILES string of the molecule is CCOC(C)OC1C(=O)N(C(=O)OC(C)(C)C)C1c1ccsc1. The van der Waals surface area contributed by atoms with Crippen molar-refractivity contribution in [2.45, 2.75) is 58.7 Å². The minimum atomic E-state index is -0.737. The van der Waals surface area contributed by atoms with Crippen LogP contribution in [0.4, 0.5) is 4.79 Å². The quantitative estimate of drug-likeness (QED) is 0.607. The van der Waals surface area contributed by atoms with E-state index in [-0.39, 0.29) is 0 Å². The highest BCUT2D eigenvalue weighted by Crippen LogP contribution is 2.39. The molecule has 0 radical (unpaired) electrons. The molecule has 0 N–H and O–H groups in total. The van der Waals surface area contributed by atoms with Crippen molar-refractivity contribution < 1.29 is 23.8 Å². The van der Waals surface area contributed by atoms with Crippen molar-refractivity contribution in [3.8, 4) is 0 Å². The molecule has 2 rings (SSSR count). The number of likely N-dealkylation sites (tertiary alicyclic amines) is 1. The summed E-state index contributed by atoms with van der Waals surface area (Å²) < 4.78 is 16.3. The highest BCUT2D eigenvalue weighted by atomic mass is 32.1. The van der Waals surface area contributed by atoms with Crippen LogP contribution in [0, 0.1) is 0 Å². The Labute approximate surface area is 140 Å². The molecule has 128 valence electrons. The van der Waals surface area contributed by atoms with Gasteiger partial charge in [0.25, 0.3) is 5.91 Å². The van der Waals surface area contributed by atoms with Gasteiger partial charge in [-0.05, 0) is 57.0 Å². The summed E-state index contributed by atoms with van der Waals surface area (Å²) in [4.78, 5) is 25.8. The summed E-state index contributed by atoms with van der Waals surface area (Å²) in [6.45, 7) is 9.37. The number of hydrogen-bond donors (Lipinski definition) is 0. The molecule has 2 amide bonds. The summed E-state index contributed by atoms with van der Waals surface area (Å²) >= 11 is 1.50. The summed E-state index contributed by atoms with van der Waals surface area (Å²) in [5, 5.41) is 3.80. The number of carbonyl (C=O) groups is 2. The van der Waals surface area contributed by atoms with Crippen LogP contribution in [0.5, 0.6) is 0 Å². The molecule has 1 saturated heterocycles. The molecule has 3 unspecified atom stereocenters. The molecule has 0 saturated carbocycles. The minimum absolute atomic E-state index is 0.401. The molecule has 0 aromatic carbocycles. The van der Waals surface area contributed by atoms with Crippen molar-refractivity contribution in [1.29, 1.82) is 0 Å². The molecule has 6 nitrogen and oxygen atoms in total. The van der Waals surface area contributed by atoms with E-state index in [4.69, 9.17) is 14.2 Å². The number of ether oxygens (including phenoxy) is 3. The third-order valence-corrected chi connectivity index (χ3v) is 3.96. The summed E-state index contributed by atoms with van der Waals surface area (Å²) in [7, 11) is 0. The molecule has 23 heavy (non-hydrogen) atoms. The summed E-state index contributed by atoms with van der Waals surface area (Å²) in [5.41, 5.74) is 0.190. The first-order valence-electron chi connectivity index (χ1n) is 7.59. The molecule has 1 fully saturated rings. The number of rotatable bonds is 5. The van der Waals surface area contributed by atoms with Gasteiger partial charge in [-0.3, -0.25) is 4.79 Å². The predicted molar refractivity (Wildman–Crippen MR) is 86.1 cm³/mol. The van der Waals surface area contributed by atoms with Gasteiger partial charge in [-0.15, -0.1) is 0 Å². The lowest BCUT2D eigenvalue weighted by molar-refractivity contribution is -0.211. The van der Waals surface area contributed by atoms with E-state index in [0.717, 1.165) is 10.5 Å². The van der Waals surface area contributed by atoms with E-state index in [9.17, 15) is 9.59 Å². The molecular formula is C16H23NO5S. The molecule has 1 aliphatic heterocycles. The summed E-state index contributed by atoms with van der Waals surface area (Å²) in [6.07, 6.45) is -1.91. The Hall–Kier alpha value is -1.44. The first-order valence-corrected chi connectivity index (χ1v) is 8.54. The normalized spacial score (nSPS) is 22.7. The third-order valence-electron chi connectivity index (χ3n) is 3.26. The molecule has 1 aromatic rings. The van der Waals surface area contributed by atoms with Crippen LogP contribution in [0.1, 0.15) is 46.2 Å². The highest BCUT2D eigenvalue weighted by Gasteiger charge is 2.54. The van der Waals surface area contributed by atoms with Crippen LogP contribution in [0.2, 0.25) is 0 Å². The largest absolute Gasteiger partial charge is 0.443 e. The van der Waals surface area contributed by atoms with Crippen molar-refractivity contribution >= 4 is 23.3 Å². The number of hydrogen-bond acceptors (Lipinski definition) is 6. The van der Waals surface area contributed by atoms with E-state index in [0.29, 0.717) is 6.61 Å². The lowest BCUT2D eigenvalue weighted by Crippen LogP contribution is -2.63. The maximum atomic E-state index is 12.4. The Morgan fingerprint density at radius 3 is 2.65 bits per heavy atom. The standard InChI is InChI=1S/C16H23NO5S/c1-6-20-10(2)21-13-12(11-7-8-23-9-11)17(14(13)18)15(19)22-16(3,4)5/h7-10,12-13H,6H2,1-5H3. The number of thiophene rings is 1. The zero-order valence-electron chi connectivity index (χ0n) is 14.1. The van der Waals surface area contributed by atoms with Gasteiger partial charge in [0, 0.05) is 6.61 Å². The van der Waals surface area contributed by atoms with E-state index < -0.39 is 36.0 Å². The summed E-state index contributed by atoms with van der Waals surface area (Å²) in [6, 6.07) is 1.40. The molecule has 0 bridgehead atoms. The van der Waals surface area contributed by atoms with Gasteiger partial charge in [0.15, 0.2) is 12.4 Å². The molecule has 0 aliphatic carbocycles. The van der Waals surface area contributed by atoms with Crippen molar-refractivity contribution in [3.63, 3.8) is 0 Å². The van der Waals surface area contributed by atoms with Crippen LogP contribution in [0.25, 0.3) is 0 Å². The average molecular weight is 341 g/mol. The van der Waals surface area contributed by atoms with Gasteiger partial charge in [0.1, 0.15) is 11.6 Å². The lowest BCUT2D eigenvalue weighted by Gasteiger charge is -2.45. The van der Waals surface area contributed by atoms with E-state index in [2.05, 4.69) is 0 Å². The Balaban J connectivity index is 2.16. The predicted octanol–water partition coefficient (Wildman–Crippen LogP) is 3.33. The number of carbonyl (C=O) groups excluding carboxylic acids is 2. The Morgan fingerprint density at radius 2 is 2.13 bits per heavy atom. The fourth-order valence-electron chi connectivity index (χ4n) is 2.36. The van der Waals surface area contributed by atoms with Crippen LogP contribution in [0.15, 0.2) is 16.8 Å². The average Bonchev–Trinajstić information content (AvgIpc) is 2.93. The second-order valence-corrected chi connectivity index (χ2v) is 7.05. The van der Waals surface area contributed by atoms with Gasteiger partial charge in [-0.1, -0.05) is 0 Å². The molecular weight excluding hydrogens is 318 g/mol. The number of β-lactam (4-membered cyclic amide) rings is 1. The Morgan fingerprint density at radius 1 is 1.43 bits per heavy atom. The van der Waals surface area contributed by atoms with Crippen LogP contribution < -0.4 is 0 Å². The molecule has 1 aromatic heterocycles. The van der Waals surface area contributed by atoms with Crippen LogP contribution in [0.3, 0.4) is 0 Å². The fraction of sp³-hybridized carbons (Fsp3) is 0.625. The van der Waals surface area contributed by atoms with E-state index >= 15 is 0 Å². The Bertz CT molecular complexity index is 551. The first-order chi connectivity index (χ1) is 10.7. The second-order valence-electron chi connectivity index (χ2n) is 6.27. The molecule has 7 heteroatoms. The zero-order valence-corrected chi connectivity index (χ0v) is 14.9. The van der Waals surface area contributed by atoms with Crippen LogP contribution in [-0.2, 0) is 19.0 Å². The van der Waals surface area contributed by atoms with Gasteiger partial charge in [0.2, 0.25) is 0 Å². The minimum Gasteiger partial charge on any atom is -0.443 e. The Kier molecular flexibility index (Phi) is 5.44. The lowest BCUT2D eigenvalue weighted by atomic mass is 9.93. The van der Waals surface area contributed by atoms with E-state index in [1.54, 1.807) is 27.7 Å². The van der Waals surface area contributed by atoms with Gasteiger partial charge < -0.3 is 14.2 Å². The third kappa shape index (κ3) is 4.10. The van der Waals surface area contributed by atoms with Crippen LogP contribution in [-0.4, -0.2) is 41.5 Å². The zero-order chi connectivity index (χ0) is 17.2. The smallest absolute Gasteiger partial charge is 0.417 e. The van der Waals surface area contributed by atoms with Gasteiger partial charge in [-0.2, -0.15) is 11.3 Å². The fourth-order valence-corrected chi connectivity index (χ4v) is 3.05. The highest BCUT2D eigenvalue weighted by molar-refractivity contribution is 7.08. The van der Waals surface area contributed by atoms with Crippen molar-refractivity contribution in [1.82, 2.24) is 4.90 Å². The first kappa shape index (κ1) is 17.9. The maximum absolute atomic E-state index is 12.4. The number of imide groups is 1. The van der Waals surface area contributed by atoms with Gasteiger partial charge in [0.05, 0.1) is 0 Å². The number of nitrogens with zero attached hydrogens (tertiary/aromatic N) is 1.